The van der Waals surface area contributed by atoms with E-state index in [9.17, 15) is 9.59 Å². The summed E-state index contributed by atoms with van der Waals surface area (Å²) in [5.41, 5.74) is 6.89. The van der Waals surface area contributed by atoms with Gasteiger partial charge in [0.15, 0.2) is 11.2 Å². The SMILES string of the molecule is CC1=C(C(=O)OC(C)C)C2(C(=O)N1C)c1ccccc1-c1oc(N)nc12. The van der Waals surface area contributed by atoms with Crippen molar-refractivity contribution < 1.29 is 18.7 Å². The molecule has 134 valence electrons. The number of hydrogen-bond donors (Lipinski definition) is 1. The zero-order chi connectivity index (χ0) is 18.8. The van der Waals surface area contributed by atoms with Crippen LogP contribution in [-0.2, 0) is 19.7 Å². The van der Waals surface area contributed by atoms with Gasteiger partial charge in [-0.15, -0.1) is 0 Å². The van der Waals surface area contributed by atoms with E-state index in [2.05, 4.69) is 4.98 Å². The maximum absolute atomic E-state index is 13.4. The van der Waals surface area contributed by atoms with Gasteiger partial charge in [-0.3, -0.25) is 4.79 Å². The number of allylic oxidation sites excluding steroid dienone is 1. The van der Waals surface area contributed by atoms with Crippen LogP contribution in [0.3, 0.4) is 0 Å². The first-order valence-corrected chi connectivity index (χ1v) is 8.37. The van der Waals surface area contributed by atoms with E-state index in [1.807, 2.05) is 24.3 Å². The molecule has 0 radical (unpaired) electrons. The van der Waals surface area contributed by atoms with Crippen molar-refractivity contribution >= 4 is 17.9 Å². The van der Waals surface area contributed by atoms with Crippen LogP contribution in [0.2, 0.25) is 0 Å². The summed E-state index contributed by atoms with van der Waals surface area (Å²) < 4.78 is 11.0. The van der Waals surface area contributed by atoms with E-state index >= 15 is 0 Å². The number of hydrogen-bond acceptors (Lipinski definition) is 6. The molecule has 1 unspecified atom stereocenters. The first-order valence-electron chi connectivity index (χ1n) is 8.37. The third-order valence-corrected chi connectivity index (χ3v) is 4.99. The molecule has 1 aromatic heterocycles. The predicted molar refractivity (Wildman–Crippen MR) is 93.8 cm³/mol. The molecule has 0 saturated carbocycles. The van der Waals surface area contributed by atoms with E-state index in [1.165, 1.54) is 4.90 Å². The maximum Gasteiger partial charge on any atom is 0.337 e. The van der Waals surface area contributed by atoms with Crippen molar-refractivity contribution in [2.45, 2.75) is 32.3 Å². The van der Waals surface area contributed by atoms with Crippen LogP contribution in [0.25, 0.3) is 11.3 Å². The van der Waals surface area contributed by atoms with Crippen LogP contribution in [0.1, 0.15) is 32.0 Å². The molecule has 0 saturated heterocycles. The third-order valence-electron chi connectivity index (χ3n) is 4.99. The number of anilines is 1. The Bertz CT molecular complexity index is 988. The Kier molecular flexibility index (Phi) is 3.28. The highest BCUT2D eigenvalue weighted by Crippen LogP contribution is 2.57. The number of benzene rings is 1. The van der Waals surface area contributed by atoms with Gasteiger partial charge in [0.25, 0.3) is 6.01 Å². The van der Waals surface area contributed by atoms with E-state index in [1.54, 1.807) is 27.8 Å². The molecule has 7 nitrogen and oxygen atoms in total. The van der Waals surface area contributed by atoms with Crippen LogP contribution >= 0.6 is 0 Å². The molecule has 4 rings (SSSR count). The fourth-order valence-corrected chi connectivity index (χ4v) is 3.90. The lowest BCUT2D eigenvalue weighted by Crippen LogP contribution is -2.41. The van der Waals surface area contributed by atoms with Gasteiger partial charge in [0.1, 0.15) is 5.69 Å². The minimum Gasteiger partial charge on any atom is -0.460 e. The summed E-state index contributed by atoms with van der Waals surface area (Å²) in [6, 6.07) is 7.27. The molecule has 1 aliphatic carbocycles. The number of nitrogens with zero attached hydrogens (tertiary/aromatic N) is 2. The number of likely N-dealkylation sites (N-methyl/N-ethyl adjacent to an activating group) is 1. The number of oxazole rings is 1. The molecule has 0 bridgehead atoms. The monoisotopic (exact) mass is 353 g/mol. The molecule has 2 aromatic rings. The summed E-state index contributed by atoms with van der Waals surface area (Å²) in [7, 11) is 1.64. The van der Waals surface area contributed by atoms with Crippen LogP contribution in [-0.4, -0.2) is 34.9 Å². The maximum atomic E-state index is 13.4. The predicted octanol–water partition coefficient (Wildman–Crippen LogP) is 2.22. The summed E-state index contributed by atoms with van der Waals surface area (Å²) in [5, 5.41) is 0. The lowest BCUT2D eigenvalue weighted by Gasteiger charge is -2.26. The molecular formula is C19H19N3O4. The quantitative estimate of drug-likeness (QED) is 0.831. The highest BCUT2D eigenvalue weighted by atomic mass is 16.5. The Balaban J connectivity index is 2.07. The fraction of sp³-hybridized carbons (Fsp3) is 0.316. The van der Waals surface area contributed by atoms with E-state index in [4.69, 9.17) is 14.9 Å². The van der Waals surface area contributed by atoms with E-state index in [-0.39, 0.29) is 23.6 Å². The first-order chi connectivity index (χ1) is 12.3. The first kappa shape index (κ1) is 16.4. The summed E-state index contributed by atoms with van der Waals surface area (Å²) in [4.78, 5) is 32.2. The molecule has 1 amide bonds. The number of rotatable bonds is 2. The van der Waals surface area contributed by atoms with Crippen LogP contribution in [0.5, 0.6) is 0 Å². The second-order valence-corrected chi connectivity index (χ2v) is 6.80. The zero-order valence-electron chi connectivity index (χ0n) is 15.0. The van der Waals surface area contributed by atoms with Crippen molar-refractivity contribution in [3.8, 4) is 11.3 Å². The van der Waals surface area contributed by atoms with Crippen molar-refractivity contribution in [1.82, 2.24) is 9.88 Å². The van der Waals surface area contributed by atoms with Crippen molar-refractivity contribution in [3.05, 3.63) is 46.8 Å². The highest BCUT2D eigenvalue weighted by Gasteiger charge is 2.63. The summed E-state index contributed by atoms with van der Waals surface area (Å²) in [6.45, 7) is 5.26. The molecule has 1 atom stereocenters. The van der Waals surface area contributed by atoms with Gasteiger partial charge in [-0.05, 0) is 26.3 Å². The Morgan fingerprint density at radius 2 is 2.04 bits per heavy atom. The Morgan fingerprint density at radius 3 is 2.73 bits per heavy atom. The molecule has 1 spiro atoms. The van der Waals surface area contributed by atoms with E-state index in [0.717, 1.165) is 0 Å². The van der Waals surface area contributed by atoms with Gasteiger partial charge in [-0.2, -0.15) is 4.98 Å². The minimum absolute atomic E-state index is 0.0412. The molecule has 2 heterocycles. The number of aromatic nitrogens is 1. The van der Waals surface area contributed by atoms with Gasteiger partial charge < -0.3 is 19.8 Å². The molecular weight excluding hydrogens is 334 g/mol. The largest absolute Gasteiger partial charge is 0.460 e. The molecule has 7 heteroatoms. The van der Waals surface area contributed by atoms with Crippen LogP contribution < -0.4 is 5.73 Å². The molecule has 0 fully saturated rings. The Morgan fingerprint density at radius 1 is 1.35 bits per heavy atom. The standard InChI is InChI=1S/C19H19N3O4/c1-9(2)25-16(23)13-10(3)22(4)17(24)19(13)12-8-6-5-7-11(12)14-15(19)21-18(20)26-14/h5-9H,1-4H3,(H2,20,21). The smallest absolute Gasteiger partial charge is 0.337 e. The fourth-order valence-electron chi connectivity index (χ4n) is 3.90. The minimum atomic E-state index is -1.39. The number of nitrogens with two attached hydrogens (primary N) is 1. The van der Waals surface area contributed by atoms with Gasteiger partial charge in [0.05, 0.1) is 11.7 Å². The molecule has 26 heavy (non-hydrogen) atoms. The molecule has 1 aromatic carbocycles. The highest BCUT2D eigenvalue weighted by molar-refractivity contribution is 6.14. The second-order valence-electron chi connectivity index (χ2n) is 6.80. The second kappa shape index (κ2) is 5.20. The topological polar surface area (TPSA) is 98.7 Å². The van der Waals surface area contributed by atoms with Crippen LogP contribution in [0.4, 0.5) is 6.01 Å². The van der Waals surface area contributed by atoms with Crippen LogP contribution in [0.15, 0.2) is 40.0 Å². The van der Waals surface area contributed by atoms with Crippen molar-refractivity contribution in [1.29, 1.82) is 0 Å². The van der Waals surface area contributed by atoms with Gasteiger partial charge in [0.2, 0.25) is 5.91 Å². The number of carbonyl (C=O) groups is 2. The number of fused-ring (bicyclic) bond motifs is 5. The van der Waals surface area contributed by atoms with Gasteiger partial charge in [0, 0.05) is 18.3 Å². The van der Waals surface area contributed by atoms with Gasteiger partial charge in [-0.25, -0.2) is 4.79 Å². The normalized spacial score (nSPS) is 21.0. The lowest BCUT2D eigenvalue weighted by atomic mass is 9.74. The molecule has 1 aliphatic heterocycles. The van der Waals surface area contributed by atoms with Crippen molar-refractivity contribution in [2.24, 2.45) is 0 Å². The summed E-state index contributed by atoms with van der Waals surface area (Å²) in [5.74, 6) is -0.394. The zero-order valence-corrected chi connectivity index (χ0v) is 15.0. The lowest BCUT2D eigenvalue weighted by molar-refractivity contribution is -0.144. The molecule has 2 N–H and O–H groups in total. The number of amides is 1. The van der Waals surface area contributed by atoms with Crippen molar-refractivity contribution in [2.75, 3.05) is 12.8 Å². The Hall–Kier alpha value is -3.09. The average molecular weight is 353 g/mol. The van der Waals surface area contributed by atoms with Gasteiger partial charge in [-0.1, -0.05) is 24.3 Å². The van der Waals surface area contributed by atoms with Gasteiger partial charge >= 0.3 is 5.97 Å². The van der Waals surface area contributed by atoms with Crippen molar-refractivity contribution in [3.63, 3.8) is 0 Å². The number of carbonyl (C=O) groups excluding carboxylic acids is 2. The number of esters is 1. The summed E-state index contributed by atoms with van der Waals surface area (Å²) >= 11 is 0. The Labute approximate surface area is 150 Å². The molecule has 2 aliphatic rings. The number of ether oxygens (including phenoxy) is 1. The average Bonchev–Trinajstić information content (AvgIpc) is 3.14. The van der Waals surface area contributed by atoms with Crippen LogP contribution in [0, 0.1) is 0 Å². The van der Waals surface area contributed by atoms with E-state index in [0.29, 0.717) is 28.3 Å². The summed E-state index contributed by atoms with van der Waals surface area (Å²) in [6.07, 6.45) is -0.320. The van der Waals surface area contributed by atoms with E-state index < -0.39 is 11.4 Å². The number of nitrogen functional groups attached to an aromatic ring is 1. The third kappa shape index (κ3) is 1.80.